The monoisotopic (exact) mass is 235 g/mol. The van der Waals surface area contributed by atoms with Crippen molar-refractivity contribution in [3.63, 3.8) is 0 Å². The summed E-state index contributed by atoms with van der Waals surface area (Å²) in [5.74, 6) is 0.826. The molecule has 1 aliphatic carbocycles. The summed E-state index contributed by atoms with van der Waals surface area (Å²) in [5.41, 5.74) is 7.75. The van der Waals surface area contributed by atoms with Gasteiger partial charge in [-0.3, -0.25) is 0 Å². The van der Waals surface area contributed by atoms with Gasteiger partial charge >= 0.3 is 0 Å². The number of hydrogen-bond donors (Lipinski definition) is 2. The van der Waals surface area contributed by atoms with Gasteiger partial charge in [-0.2, -0.15) is 0 Å². The van der Waals surface area contributed by atoms with Crippen LogP contribution in [0.1, 0.15) is 43.9 Å². The molecule has 0 saturated heterocycles. The van der Waals surface area contributed by atoms with Crippen molar-refractivity contribution < 1.29 is 9.84 Å². The van der Waals surface area contributed by atoms with Crippen LogP contribution in [0, 0.1) is 0 Å². The average molecular weight is 235 g/mol. The highest BCUT2D eigenvalue weighted by molar-refractivity contribution is 5.40. The smallest absolute Gasteiger partial charge is 0.119 e. The van der Waals surface area contributed by atoms with E-state index in [4.69, 9.17) is 10.5 Å². The zero-order valence-corrected chi connectivity index (χ0v) is 10.6. The van der Waals surface area contributed by atoms with E-state index in [2.05, 4.69) is 0 Å². The van der Waals surface area contributed by atoms with Crippen molar-refractivity contribution in [1.82, 2.24) is 0 Å². The maximum atomic E-state index is 9.88. The molecule has 3 heteroatoms. The fraction of sp³-hybridized carbons (Fsp3) is 0.571. The zero-order chi connectivity index (χ0) is 12.5. The Bertz CT molecular complexity index is 401. The van der Waals surface area contributed by atoms with Crippen LogP contribution in [0.15, 0.2) is 18.2 Å². The topological polar surface area (TPSA) is 55.5 Å². The number of nitrogens with two attached hydrogens (primary N) is 1. The van der Waals surface area contributed by atoms with E-state index in [9.17, 15) is 5.11 Å². The van der Waals surface area contributed by atoms with Gasteiger partial charge in [-0.15, -0.1) is 0 Å². The first-order valence-electron chi connectivity index (χ1n) is 6.25. The second kappa shape index (κ2) is 4.67. The molecule has 1 aromatic rings. The molecule has 0 fully saturated rings. The number of aliphatic hydroxyl groups is 1. The molecule has 17 heavy (non-hydrogen) atoms. The zero-order valence-electron chi connectivity index (χ0n) is 10.6. The third-order valence-electron chi connectivity index (χ3n) is 3.55. The average Bonchev–Trinajstić information content (AvgIpc) is 2.68. The second-order valence-electron chi connectivity index (χ2n) is 5.14. The Labute approximate surface area is 103 Å². The number of ether oxygens (including phenoxy) is 1. The lowest BCUT2D eigenvalue weighted by atomic mass is 10.1. The van der Waals surface area contributed by atoms with Crippen molar-refractivity contribution in [1.29, 1.82) is 0 Å². The van der Waals surface area contributed by atoms with Crippen molar-refractivity contribution in [2.45, 2.75) is 44.8 Å². The van der Waals surface area contributed by atoms with Crippen LogP contribution >= 0.6 is 0 Å². The van der Waals surface area contributed by atoms with Crippen molar-refractivity contribution >= 4 is 0 Å². The number of hydrogen-bond acceptors (Lipinski definition) is 3. The molecule has 3 nitrogen and oxygen atoms in total. The maximum Gasteiger partial charge on any atom is 0.119 e. The Kier molecular flexibility index (Phi) is 3.40. The molecule has 1 aromatic carbocycles. The highest BCUT2D eigenvalue weighted by Crippen LogP contribution is 2.32. The lowest BCUT2D eigenvalue weighted by Gasteiger charge is -2.21. The summed E-state index contributed by atoms with van der Waals surface area (Å²) < 4.78 is 5.63. The van der Waals surface area contributed by atoms with Gasteiger partial charge in [0.1, 0.15) is 12.4 Å². The van der Waals surface area contributed by atoms with Crippen LogP contribution in [0.5, 0.6) is 5.75 Å². The molecule has 0 aromatic heterocycles. The van der Waals surface area contributed by atoms with Gasteiger partial charge in [0.05, 0.1) is 5.60 Å². The normalized spacial score (nSPS) is 22.0. The van der Waals surface area contributed by atoms with Gasteiger partial charge in [-0.05, 0) is 49.4 Å². The highest BCUT2D eigenvalue weighted by atomic mass is 16.5. The molecule has 0 amide bonds. The molecule has 94 valence electrons. The predicted molar refractivity (Wildman–Crippen MR) is 68.1 cm³/mol. The van der Waals surface area contributed by atoms with E-state index >= 15 is 0 Å². The van der Waals surface area contributed by atoms with Gasteiger partial charge in [0.15, 0.2) is 0 Å². The van der Waals surface area contributed by atoms with Crippen LogP contribution < -0.4 is 10.5 Å². The van der Waals surface area contributed by atoms with E-state index in [-0.39, 0.29) is 6.04 Å². The first-order valence-corrected chi connectivity index (χ1v) is 6.25. The predicted octanol–water partition coefficient (Wildman–Crippen LogP) is 2.17. The SMILES string of the molecule is CCC(C)(O)COc1ccc2c(c1)CCC2N. The van der Waals surface area contributed by atoms with E-state index in [1.54, 1.807) is 6.92 Å². The largest absolute Gasteiger partial charge is 0.491 e. The Hall–Kier alpha value is -1.06. The molecule has 0 spiro atoms. The first-order chi connectivity index (χ1) is 8.02. The molecule has 1 aliphatic rings. The Morgan fingerprint density at radius 2 is 2.29 bits per heavy atom. The molecule has 0 bridgehead atoms. The number of fused-ring (bicyclic) bond motifs is 1. The van der Waals surface area contributed by atoms with Gasteiger partial charge in [-0.25, -0.2) is 0 Å². The summed E-state index contributed by atoms with van der Waals surface area (Å²) >= 11 is 0. The van der Waals surface area contributed by atoms with Gasteiger partial charge in [-0.1, -0.05) is 13.0 Å². The maximum absolute atomic E-state index is 9.88. The van der Waals surface area contributed by atoms with E-state index < -0.39 is 5.60 Å². The van der Waals surface area contributed by atoms with Gasteiger partial charge in [0.2, 0.25) is 0 Å². The van der Waals surface area contributed by atoms with Crippen LogP contribution in [0.4, 0.5) is 0 Å². The first kappa shape index (κ1) is 12.4. The minimum absolute atomic E-state index is 0.179. The summed E-state index contributed by atoms with van der Waals surface area (Å²) in [6.45, 7) is 4.07. The lowest BCUT2D eigenvalue weighted by molar-refractivity contribution is 0.00845. The molecule has 2 unspecified atom stereocenters. The van der Waals surface area contributed by atoms with Crippen LogP contribution in [0.25, 0.3) is 0 Å². The number of benzene rings is 1. The fourth-order valence-electron chi connectivity index (χ4n) is 2.06. The van der Waals surface area contributed by atoms with E-state index in [0.717, 1.165) is 18.6 Å². The minimum atomic E-state index is -0.755. The van der Waals surface area contributed by atoms with Crippen LogP contribution in [-0.4, -0.2) is 17.3 Å². The summed E-state index contributed by atoms with van der Waals surface area (Å²) in [5, 5.41) is 9.88. The van der Waals surface area contributed by atoms with Crippen molar-refractivity contribution in [3.8, 4) is 5.75 Å². The van der Waals surface area contributed by atoms with Crippen molar-refractivity contribution in [3.05, 3.63) is 29.3 Å². The van der Waals surface area contributed by atoms with E-state index in [1.807, 2.05) is 25.1 Å². The summed E-state index contributed by atoms with van der Waals surface area (Å²) in [6.07, 6.45) is 2.73. The molecule has 0 aliphatic heterocycles. The lowest BCUT2D eigenvalue weighted by Crippen LogP contribution is -2.31. The van der Waals surface area contributed by atoms with Gasteiger partial charge in [0, 0.05) is 6.04 Å². The standard InChI is InChI=1S/C14H21NO2/c1-3-14(2,16)9-17-11-5-6-12-10(8-11)4-7-13(12)15/h5-6,8,13,16H,3-4,7,9,15H2,1-2H3. The number of rotatable bonds is 4. The minimum Gasteiger partial charge on any atom is -0.491 e. The molecular formula is C14H21NO2. The third kappa shape index (κ3) is 2.79. The Morgan fingerprint density at radius 1 is 1.53 bits per heavy atom. The van der Waals surface area contributed by atoms with Gasteiger partial charge < -0.3 is 15.6 Å². The summed E-state index contributed by atoms with van der Waals surface area (Å²) in [4.78, 5) is 0. The van der Waals surface area contributed by atoms with Crippen LogP contribution in [0.2, 0.25) is 0 Å². The van der Waals surface area contributed by atoms with Crippen molar-refractivity contribution in [2.24, 2.45) is 5.73 Å². The molecule has 3 N–H and O–H groups in total. The van der Waals surface area contributed by atoms with Crippen LogP contribution in [-0.2, 0) is 6.42 Å². The van der Waals surface area contributed by atoms with Gasteiger partial charge in [0.25, 0.3) is 0 Å². The molecule has 2 atom stereocenters. The highest BCUT2D eigenvalue weighted by Gasteiger charge is 2.21. The van der Waals surface area contributed by atoms with Crippen LogP contribution in [0.3, 0.4) is 0 Å². The Balaban J connectivity index is 2.04. The fourth-order valence-corrected chi connectivity index (χ4v) is 2.06. The second-order valence-corrected chi connectivity index (χ2v) is 5.14. The summed E-state index contributed by atoms with van der Waals surface area (Å²) in [7, 11) is 0. The third-order valence-corrected chi connectivity index (χ3v) is 3.55. The Morgan fingerprint density at radius 3 is 3.00 bits per heavy atom. The summed E-state index contributed by atoms with van der Waals surface area (Å²) in [6, 6.07) is 6.21. The van der Waals surface area contributed by atoms with Crippen molar-refractivity contribution in [2.75, 3.05) is 6.61 Å². The molecule has 0 heterocycles. The molecule has 0 saturated carbocycles. The van der Waals surface area contributed by atoms with E-state index in [0.29, 0.717) is 13.0 Å². The number of aryl methyl sites for hydroxylation is 1. The van der Waals surface area contributed by atoms with E-state index in [1.165, 1.54) is 11.1 Å². The molecule has 0 radical (unpaired) electrons. The molecular weight excluding hydrogens is 214 g/mol. The quantitative estimate of drug-likeness (QED) is 0.841. The molecule has 2 rings (SSSR count).